The lowest BCUT2D eigenvalue weighted by Crippen LogP contribution is -2.28. The third-order valence-electron chi connectivity index (χ3n) is 9.86. The number of hydrogen-bond acceptors (Lipinski definition) is 5. The molecule has 48 heavy (non-hydrogen) atoms. The summed E-state index contributed by atoms with van der Waals surface area (Å²) in [4.78, 5) is 14.6. The average molecular weight is 637 g/mol. The summed E-state index contributed by atoms with van der Waals surface area (Å²) in [7, 11) is 0. The fraction of sp³-hybridized carbons (Fsp3) is 0.349. The van der Waals surface area contributed by atoms with Crippen LogP contribution < -0.4 is 14.5 Å². The molecule has 5 aromatic rings. The van der Waals surface area contributed by atoms with E-state index in [9.17, 15) is 0 Å². The van der Waals surface area contributed by atoms with Crippen molar-refractivity contribution in [1.29, 1.82) is 0 Å². The van der Waals surface area contributed by atoms with Crippen molar-refractivity contribution in [2.75, 3.05) is 22.9 Å². The first-order valence-corrected chi connectivity index (χ1v) is 17.5. The molecule has 2 aliphatic heterocycles. The van der Waals surface area contributed by atoms with Crippen molar-refractivity contribution in [3.05, 3.63) is 119 Å². The first-order chi connectivity index (χ1) is 23.0. The number of aromatic nitrogens is 2. The van der Waals surface area contributed by atoms with Crippen LogP contribution in [0.2, 0.25) is 0 Å². The van der Waals surface area contributed by atoms with Gasteiger partial charge in [-0.1, -0.05) is 77.9 Å². The Kier molecular flexibility index (Phi) is 8.27. The van der Waals surface area contributed by atoms with E-state index in [0.29, 0.717) is 0 Å². The van der Waals surface area contributed by atoms with E-state index in [1.54, 1.807) is 0 Å². The minimum absolute atomic E-state index is 0.0325. The topological polar surface area (TPSA) is 41.5 Å². The molecular weight excluding hydrogens is 589 g/mol. The van der Waals surface area contributed by atoms with E-state index in [1.807, 2.05) is 12.4 Å². The second-order valence-electron chi connectivity index (χ2n) is 15.5. The van der Waals surface area contributed by atoms with Gasteiger partial charge in [0, 0.05) is 54.6 Å². The molecule has 0 spiro atoms. The third kappa shape index (κ3) is 6.31. The van der Waals surface area contributed by atoms with Crippen molar-refractivity contribution in [3.63, 3.8) is 0 Å². The Labute approximate surface area is 286 Å². The Morgan fingerprint density at radius 3 is 2.10 bits per heavy atom. The molecule has 2 aromatic heterocycles. The fourth-order valence-corrected chi connectivity index (χ4v) is 7.27. The molecule has 3 aromatic carbocycles. The minimum atomic E-state index is -0.0325. The number of rotatable bonds is 5. The zero-order valence-corrected chi connectivity index (χ0v) is 29.6. The van der Waals surface area contributed by atoms with Crippen molar-refractivity contribution >= 4 is 23.0 Å². The zero-order valence-electron chi connectivity index (χ0n) is 29.6. The van der Waals surface area contributed by atoms with E-state index < -0.39 is 0 Å². The second kappa shape index (κ2) is 12.4. The predicted molar refractivity (Wildman–Crippen MR) is 200 cm³/mol. The molecule has 7 rings (SSSR count). The standard InChI is InChI=1S/C43H48N4O/c1-29-23-40(45-28-36(29)30-13-9-8-10-14-30)46-21-11-15-31-17-18-33(26-38(31)46)48-34-25-37(43(5,6)7)35-16-12-22-47(39(35)27-34)41-24-32(19-20-44-41)42(2,3)4/h8-10,13-14,17-20,23-28H,11-12,15-16,21-22H2,1-7H3. The van der Waals surface area contributed by atoms with E-state index in [2.05, 4.69) is 137 Å². The quantitative estimate of drug-likeness (QED) is 0.192. The van der Waals surface area contributed by atoms with E-state index >= 15 is 0 Å². The molecule has 0 saturated carbocycles. The zero-order chi connectivity index (χ0) is 33.6. The van der Waals surface area contributed by atoms with E-state index in [1.165, 1.54) is 50.3 Å². The van der Waals surface area contributed by atoms with Crippen molar-refractivity contribution < 1.29 is 4.74 Å². The van der Waals surface area contributed by atoms with Gasteiger partial charge < -0.3 is 14.5 Å². The van der Waals surface area contributed by atoms with E-state index in [4.69, 9.17) is 14.7 Å². The van der Waals surface area contributed by atoms with Gasteiger partial charge in [0.25, 0.3) is 0 Å². The Hall–Kier alpha value is -4.64. The Morgan fingerprint density at radius 2 is 1.38 bits per heavy atom. The molecule has 0 saturated heterocycles. The summed E-state index contributed by atoms with van der Waals surface area (Å²) in [5.74, 6) is 3.69. The van der Waals surface area contributed by atoms with E-state index in [0.717, 1.165) is 61.9 Å². The number of ether oxygens (including phenoxy) is 1. The molecule has 0 N–H and O–H groups in total. The van der Waals surface area contributed by atoms with Gasteiger partial charge in [-0.15, -0.1) is 0 Å². The largest absolute Gasteiger partial charge is 0.457 e. The summed E-state index contributed by atoms with van der Waals surface area (Å²) in [6, 6.07) is 28.2. The molecule has 0 atom stereocenters. The minimum Gasteiger partial charge on any atom is -0.457 e. The van der Waals surface area contributed by atoms with Crippen LogP contribution in [-0.2, 0) is 23.7 Å². The van der Waals surface area contributed by atoms with Crippen LogP contribution in [0.5, 0.6) is 11.5 Å². The van der Waals surface area contributed by atoms with Crippen molar-refractivity contribution in [1.82, 2.24) is 9.97 Å². The lowest BCUT2D eigenvalue weighted by atomic mass is 9.80. The van der Waals surface area contributed by atoms with Crippen molar-refractivity contribution in [2.45, 2.75) is 85.0 Å². The van der Waals surface area contributed by atoms with Gasteiger partial charge in [0.1, 0.15) is 23.1 Å². The maximum absolute atomic E-state index is 6.80. The van der Waals surface area contributed by atoms with Crippen LogP contribution in [0.15, 0.2) is 91.3 Å². The van der Waals surface area contributed by atoms with Gasteiger partial charge >= 0.3 is 0 Å². The fourth-order valence-electron chi connectivity index (χ4n) is 7.27. The van der Waals surface area contributed by atoms with Gasteiger partial charge in [0.05, 0.1) is 0 Å². The highest BCUT2D eigenvalue weighted by Gasteiger charge is 2.29. The molecule has 246 valence electrons. The lowest BCUT2D eigenvalue weighted by Gasteiger charge is -2.35. The van der Waals surface area contributed by atoms with Crippen LogP contribution >= 0.6 is 0 Å². The molecule has 0 bridgehead atoms. The molecule has 5 heteroatoms. The smallest absolute Gasteiger partial charge is 0.133 e. The molecule has 0 aliphatic carbocycles. The second-order valence-corrected chi connectivity index (χ2v) is 15.5. The van der Waals surface area contributed by atoms with Crippen molar-refractivity contribution in [2.24, 2.45) is 0 Å². The maximum Gasteiger partial charge on any atom is 0.133 e. The summed E-state index contributed by atoms with van der Waals surface area (Å²) in [5, 5.41) is 0. The number of pyridine rings is 2. The number of aryl methyl sites for hydroxylation is 2. The molecular formula is C43H48N4O. The highest BCUT2D eigenvalue weighted by molar-refractivity contribution is 5.73. The van der Waals surface area contributed by atoms with Crippen LogP contribution in [0.3, 0.4) is 0 Å². The molecule has 5 nitrogen and oxygen atoms in total. The van der Waals surface area contributed by atoms with Gasteiger partial charge in [0.2, 0.25) is 0 Å². The monoisotopic (exact) mass is 636 g/mol. The Balaban J connectivity index is 1.24. The third-order valence-corrected chi connectivity index (χ3v) is 9.86. The van der Waals surface area contributed by atoms with Crippen LogP contribution in [0.4, 0.5) is 23.0 Å². The number of hydrogen-bond donors (Lipinski definition) is 0. The van der Waals surface area contributed by atoms with Crippen LogP contribution in [0, 0.1) is 6.92 Å². The summed E-state index contributed by atoms with van der Waals surface area (Å²) in [6.07, 6.45) is 8.27. The van der Waals surface area contributed by atoms with Gasteiger partial charge in [-0.3, -0.25) is 0 Å². The number of nitrogens with zero attached hydrogens (tertiary/aromatic N) is 4. The molecule has 0 radical (unpaired) electrons. The lowest BCUT2D eigenvalue weighted by molar-refractivity contribution is 0.476. The van der Waals surface area contributed by atoms with E-state index in [-0.39, 0.29) is 10.8 Å². The van der Waals surface area contributed by atoms with Crippen LogP contribution in [0.1, 0.15) is 82.2 Å². The first-order valence-electron chi connectivity index (χ1n) is 17.5. The number of fused-ring (bicyclic) bond motifs is 2. The normalized spacial score (nSPS) is 14.8. The Morgan fingerprint density at radius 1 is 0.667 bits per heavy atom. The highest BCUT2D eigenvalue weighted by Crippen LogP contribution is 2.44. The predicted octanol–water partition coefficient (Wildman–Crippen LogP) is 11.0. The van der Waals surface area contributed by atoms with Gasteiger partial charge in [-0.05, 0) is 107 Å². The van der Waals surface area contributed by atoms with Crippen LogP contribution in [0.25, 0.3) is 11.1 Å². The van der Waals surface area contributed by atoms with Crippen LogP contribution in [-0.4, -0.2) is 23.1 Å². The summed E-state index contributed by atoms with van der Waals surface area (Å²) in [5.41, 5.74) is 11.4. The number of anilines is 4. The first kappa shape index (κ1) is 31.9. The Bertz CT molecular complexity index is 1950. The highest BCUT2D eigenvalue weighted by atomic mass is 16.5. The summed E-state index contributed by atoms with van der Waals surface area (Å²) in [6.45, 7) is 17.7. The maximum atomic E-state index is 6.80. The van der Waals surface area contributed by atoms with Gasteiger partial charge in [-0.25, -0.2) is 9.97 Å². The van der Waals surface area contributed by atoms with Gasteiger partial charge in [-0.2, -0.15) is 0 Å². The van der Waals surface area contributed by atoms with Crippen molar-refractivity contribution in [3.8, 4) is 22.6 Å². The molecule has 4 heterocycles. The molecule has 0 unspecified atom stereocenters. The molecule has 0 amide bonds. The summed E-state index contributed by atoms with van der Waals surface area (Å²) < 4.78 is 6.80. The average Bonchev–Trinajstić information content (AvgIpc) is 3.07. The summed E-state index contributed by atoms with van der Waals surface area (Å²) >= 11 is 0. The van der Waals surface area contributed by atoms with Gasteiger partial charge in [0.15, 0.2) is 0 Å². The molecule has 0 fully saturated rings. The molecule has 2 aliphatic rings. The number of benzene rings is 3. The SMILES string of the molecule is Cc1cc(N2CCCc3ccc(Oc4cc5c(c(C(C)(C)C)c4)CCCN5c4cc(C(C)(C)C)ccn4)cc32)ncc1-c1ccccc1.